The van der Waals surface area contributed by atoms with Crippen molar-refractivity contribution in [1.82, 2.24) is 5.32 Å². The highest BCUT2D eigenvalue weighted by Crippen LogP contribution is 2.23. The van der Waals surface area contributed by atoms with Gasteiger partial charge in [0.05, 0.1) is 6.04 Å². The molecule has 6 N–H and O–H groups in total. The maximum atomic E-state index is 13.1. The van der Waals surface area contributed by atoms with E-state index in [0.717, 1.165) is 0 Å². The van der Waals surface area contributed by atoms with Crippen molar-refractivity contribution in [3.05, 3.63) is 34.6 Å². The summed E-state index contributed by atoms with van der Waals surface area (Å²) in [5.74, 6) is -0.489. The van der Waals surface area contributed by atoms with Crippen LogP contribution in [0.3, 0.4) is 0 Å². The second-order valence-electron chi connectivity index (χ2n) is 5.10. The summed E-state index contributed by atoms with van der Waals surface area (Å²) in [6, 6.07) is 2.66. The number of aliphatic hydroxyl groups is 5. The van der Waals surface area contributed by atoms with E-state index in [1.165, 1.54) is 18.2 Å². The largest absolute Gasteiger partial charge is 0.389 e. The molecule has 1 aromatic rings. The molecular formula is C13H17ClFNO5. The van der Waals surface area contributed by atoms with Crippen molar-refractivity contribution >= 4 is 11.6 Å². The summed E-state index contributed by atoms with van der Waals surface area (Å²) in [6.07, 6.45) is -7.85. The molecule has 0 aliphatic heterocycles. The Morgan fingerprint density at radius 3 is 2.05 bits per heavy atom. The lowest BCUT2D eigenvalue weighted by Crippen LogP contribution is -2.67. The van der Waals surface area contributed by atoms with Crippen molar-refractivity contribution in [3.63, 3.8) is 0 Å². The fraction of sp³-hybridized carbons (Fsp3) is 0.538. The second kappa shape index (κ2) is 6.53. The van der Waals surface area contributed by atoms with Crippen molar-refractivity contribution in [1.29, 1.82) is 0 Å². The van der Waals surface area contributed by atoms with Crippen LogP contribution in [0.1, 0.15) is 5.56 Å². The summed E-state index contributed by atoms with van der Waals surface area (Å²) in [7, 11) is 0. The van der Waals surface area contributed by atoms with Crippen LogP contribution >= 0.6 is 11.6 Å². The van der Waals surface area contributed by atoms with Crippen LogP contribution in [0.4, 0.5) is 4.39 Å². The number of rotatable bonds is 3. The molecule has 1 aromatic carbocycles. The third-order valence-electron chi connectivity index (χ3n) is 3.67. The smallest absolute Gasteiger partial charge is 0.123 e. The molecule has 0 amide bonds. The predicted molar refractivity (Wildman–Crippen MR) is 72.1 cm³/mol. The molecule has 6 nitrogen and oxygen atoms in total. The molecule has 118 valence electrons. The fourth-order valence-corrected chi connectivity index (χ4v) is 2.57. The molecule has 1 aliphatic rings. The van der Waals surface area contributed by atoms with Crippen molar-refractivity contribution in [3.8, 4) is 0 Å². The molecule has 1 saturated carbocycles. The Morgan fingerprint density at radius 1 is 0.952 bits per heavy atom. The van der Waals surface area contributed by atoms with Crippen LogP contribution in [0, 0.1) is 5.82 Å². The Labute approximate surface area is 125 Å². The van der Waals surface area contributed by atoms with Gasteiger partial charge in [0.25, 0.3) is 0 Å². The first-order valence-electron chi connectivity index (χ1n) is 6.40. The van der Waals surface area contributed by atoms with E-state index in [4.69, 9.17) is 11.6 Å². The van der Waals surface area contributed by atoms with E-state index >= 15 is 0 Å². The number of hydrogen-bond acceptors (Lipinski definition) is 6. The van der Waals surface area contributed by atoms with Gasteiger partial charge in [0.2, 0.25) is 0 Å². The molecule has 21 heavy (non-hydrogen) atoms. The minimum atomic E-state index is -1.65. The number of hydrogen-bond donors (Lipinski definition) is 6. The molecule has 1 fully saturated rings. The van der Waals surface area contributed by atoms with Gasteiger partial charge in [-0.1, -0.05) is 11.6 Å². The Hall–Kier alpha value is -0.800. The van der Waals surface area contributed by atoms with Crippen LogP contribution in [0.15, 0.2) is 18.2 Å². The first-order chi connectivity index (χ1) is 9.82. The van der Waals surface area contributed by atoms with Crippen LogP contribution in [0.25, 0.3) is 0 Å². The molecule has 0 spiro atoms. The first-order valence-corrected chi connectivity index (χ1v) is 6.78. The van der Waals surface area contributed by atoms with Gasteiger partial charge in [0.15, 0.2) is 0 Å². The van der Waals surface area contributed by atoms with Gasteiger partial charge in [-0.3, -0.25) is 0 Å². The van der Waals surface area contributed by atoms with E-state index in [1.54, 1.807) is 0 Å². The zero-order chi connectivity index (χ0) is 15.7. The van der Waals surface area contributed by atoms with Crippen molar-refractivity contribution in [2.75, 3.05) is 0 Å². The highest BCUT2D eigenvalue weighted by molar-refractivity contribution is 6.31. The summed E-state index contributed by atoms with van der Waals surface area (Å²) in [4.78, 5) is 0. The van der Waals surface area contributed by atoms with Gasteiger partial charge in [-0.2, -0.15) is 0 Å². The second-order valence-corrected chi connectivity index (χ2v) is 5.50. The maximum Gasteiger partial charge on any atom is 0.123 e. The molecule has 2 rings (SSSR count). The number of nitrogens with one attached hydrogen (secondary N) is 1. The van der Waals surface area contributed by atoms with Crippen LogP contribution in [0.2, 0.25) is 5.02 Å². The maximum absolute atomic E-state index is 13.1. The molecule has 0 aromatic heterocycles. The normalized spacial score (nSPS) is 36.7. The molecule has 2 unspecified atom stereocenters. The number of halogens is 2. The number of aliphatic hydroxyl groups excluding tert-OH is 5. The predicted octanol–water partition coefficient (Wildman–Crippen LogP) is -1.24. The van der Waals surface area contributed by atoms with Crippen LogP contribution in [0.5, 0.6) is 0 Å². The SMILES string of the molecule is OC1[C@@H](O)[C@@H](O)C(NCc2cc(F)ccc2Cl)[C@H](O)[C@H]1O. The molecule has 0 radical (unpaired) electrons. The average Bonchev–Trinajstić information content (AvgIpc) is 2.46. The standard InChI is InChI=1S/C13H17ClFNO5/c14-7-2-1-6(15)3-5(7)4-16-8-9(17)11(19)13(21)12(20)10(8)18/h1-3,8-13,16-21H,4H2/t8?,9-,10-,11-,12+,13?/m0/s1. The average molecular weight is 322 g/mol. The summed E-state index contributed by atoms with van der Waals surface area (Å²) in [5.41, 5.74) is 0.395. The topological polar surface area (TPSA) is 113 Å². The minimum Gasteiger partial charge on any atom is -0.389 e. The summed E-state index contributed by atoms with van der Waals surface area (Å²) in [5, 5.41) is 51.4. The summed E-state index contributed by atoms with van der Waals surface area (Å²) in [6.45, 7) is 0.00488. The van der Waals surface area contributed by atoms with Gasteiger partial charge in [-0.15, -0.1) is 0 Å². The van der Waals surface area contributed by atoms with Crippen LogP contribution in [-0.4, -0.2) is 62.1 Å². The molecule has 0 bridgehead atoms. The Bertz CT molecular complexity index is 489. The van der Waals surface area contributed by atoms with Crippen LogP contribution in [-0.2, 0) is 6.54 Å². The molecular weight excluding hydrogens is 305 g/mol. The summed E-state index contributed by atoms with van der Waals surface area (Å²) >= 11 is 5.90. The molecule has 0 saturated heterocycles. The first kappa shape index (κ1) is 16.6. The van der Waals surface area contributed by atoms with E-state index in [2.05, 4.69) is 5.32 Å². The monoisotopic (exact) mass is 321 g/mol. The van der Waals surface area contributed by atoms with E-state index in [-0.39, 0.29) is 6.54 Å². The Balaban J connectivity index is 2.09. The van der Waals surface area contributed by atoms with Crippen molar-refractivity contribution in [2.45, 2.75) is 43.1 Å². The minimum absolute atomic E-state index is 0.00488. The quantitative estimate of drug-likeness (QED) is 0.415. The van der Waals surface area contributed by atoms with E-state index in [1.807, 2.05) is 0 Å². The molecule has 0 heterocycles. The van der Waals surface area contributed by atoms with Gasteiger partial charge in [0, 0.05) is 11.6 Å². The van der Waals surface area contributed by atoms with Gasteiger partial charge >= 0.3 is 0 Å². The Kier molecular flexibility index (Phi) is 5.15. The van der Waals surface area contributed by atoms with E-state index in [0.29, 0.717) is 10.6 Å². The highest BCUT2D eigenvalue weighted by Gasteiger charge is 2.47. The Morgan fingerprint density at radius 2 is 1.48 bits per heavy atom. The van der Waals surface area contributed by atoms with Crippen LogP contribution < -0.4 is 5.32 Å². The third-order valence-corrected chi connectivity index (χ3v) is 4.04. The van der Waals surface area contributed by atoms with Gasteiger partial charge in [0.1, 0.15) is 36.3 Å². The van der Waals surface area contributed by atoms with Gasteiger partial charge in [-0.05, 0) is 23.8 Å². The van der Waals surface area contributed by atoms with Crippen molar-refractivity contribution < 1.29 is 29.9 Å². The van der Waals surface area contributed by atoms with Crippen molar-refractivity contribution in [2.24, 2.45) is 0 Å². The lowest BCUT2D eigenvalue weighted by Gasteiger charge is -2.42. The molecule has 8 heteroatoms. The van der Waals surface area contributed by atoms with E-state index in [9.17, 15) is 29.9 Å². The zero-order valence-corrected chi connectivity index (χ0v) is 11.7. The lowest BCUT2D eigenvalue weighted by atomic mass is 9.83. The van der Waals surface area contributed by atoms with Gasteiger partial charge in [-0.25, -0.2) is 4.39 Å². The van der Waals surface area contributed by atoms with E-state index < -0.39 is 42.4 Å². The highest BCUT2D eigenvalue weighted by atomic mass is 35.5. The van der Waals surface area contributed by atoms with Gasteiger partial charge < -0.3 is 30.8 Å². The third kappa shape index (κ3) is 3.35. The number of benzene rings is 1. The molecule has 1 aliphatic carbocycles. The molecule has 6 atom stereocenters. The summed E-state index contributed by atoms with van der Waals surface area (Å²) < 4.78 is 13.1. The lowest BCUT2D eigenvalue weighted by molar-refractivity contribution is -0.190. The zero-order valence-electron chi connectivity index (χ0n) is 10.9. The fourth-order valence-electron chi connectivity index (χ4n) is 2.38.